The molecule has 1 aromatic rings. The van der Waals surface area contributed by atoms with Crippen LogP contribution < -0.4 is 5.32 Å². The van der Waals surface area contributed by atoms with Crippen LogP contribution in [0, 0.1) is 12.8 Å². The smallest absolute Gasteiger partial charge is 0.252 e. The standard InChI is InChI=1S/C11H12F2N2O2S/c1-6-5-14-10(18-6)15-9(17)3-8(16)2-7-4-11(7,12)13/h5,7H,2-4H2,1H3,(H,14,15,17). The first-order chi connectivity index (χ1) is 8.37. The van der Waals surface area contributed by atoms with Crippen LogP contribution in [0.25, 0.3) is 0 Å². The van der Waals surface area contributed by atoms with Gasteiger partial charge in [0.1, 0.15) is 5.78 Å². The molecule has 1 amide bonds. The Morgan fingerprint density at radius 1 is 1.61 bits per heavy atom. The van der Waals surface area contributed by atoms with Gasteiger partial charge in [-0.05, 0) is 6.92 Å². The molecule has 18 heavy (non-hydrogen) atoms. The number of nitrogens with one attached hydrogen (secondary N) is 1. The quantitative estimate of drug-likeness (QED) is 0.839. The zero-order valence-corrected chi connectivity index (χ0v) is 10.5. The van der Waals surface area contributed by atoms with E-state index in [2.05, 4.69) is 10.3 Å². The van der Waals surface area contributed by atoms with Crippen LogP contribution >= 0.6 is 11.3 Å². The van der Waals surface area contributed by atoms with Gasteiger partial charge in [0, 0.05) is 29.8 Å². The second kappa shape index (κ2) is 4.72. The maximum absolute atomic E-state index is 12.6. The van der Waals surface area contributed by atoms with Crippen molar-refractivity contribution in [1.29, 1.82) is 0 Å². The van der Waals surface area contributed by atoms with E-state index in [1.807, 2.05) is 6.92 Å². The van der Waals surface area contributed by atoms with Crippen LogP contribution in [0.4, 0.5) is 13.9 Å². The second-order valence-electron chi connectivity index (χ2n) is 4.41. The van der Waals surface area contributed by atoms with Gasteiger partial charge in [0.2, 0.25) is 5.91 Å². The lowest BCUT2D eigenvalue weighted by Gasteiger charge is -2.01. The number of alkyl halides is 2. The second-order valence-corrected chi connectivity index (χ2v) is 5.64. The monoisotopic (exact) mass is 274 g/mol. The normalized spacial score (nSPS) is 20.5. The van der Waals surface area contributed by atoms with Gasteiger partial charge in [-0.2, -0.15) is 0 Å². The molecule has 0 spiro atoms. The minimum Gasteiger partial charge on any atom is -0.302 e. The van der Waals surface area contributed by atoms with Gasteiger partial charge in [0.25, 0.3) is 5.92 Å². The maximum Gasteiger partial charge on any atom is 0.252 e. The predicted octanol–water partition coefficient (Wildman–Crippen LogP) is 2.39. The SMILES string of the molecule is Cc1cnc(NC(=O)CC(=O)CC2CC2(F)F)s1. The van der Waals surface area contributed by atoms with Gasteiger partial charge < -0.3 is 5.32 Å². The third-order valence-electron chi connectivity index (χ3n) is 2.66. The Morgan fingerprint density at radius 3 is 2.78 bits per heavy atom. The zero-order valence-electron chi connectivity index (χ0n) is 9.70. The summed E-state index contributed by atoms with van der Waals surface area (Å²) in [5, 5.41) is 2.89. The number of aryl methyl sites for hydroxylation is 1. The Kier molecular flexibility index (Phi) is 3.43. The largest absolute Gasteiger partial charge is 0.302 e. The van der Waals surface area contributed by atoms with Gasteiger partial charge in [-0.25, -0.2) is 13.8 Å². The average molecular weight is 274 g/mol. The highest BCUT2D eigenvalue weighted by atomic mass is 32.1. The number of Topliss-reactive ketones (excluding diaryl/α,β-unsaturated/α-hetero) is 1. The summed E-state index contributed by atoms with van der Waals surface area (Å²) in [6.07, 6.45) is 0.765. The van der Waals surface area contributed by atoms with E-state index < -0.39 is 23.5 Å². The first kappa shape index (κ1) is 13.1. The summed E-state index contributed by atoms with van der Waals surface area (Å²) in [4.78, 5) is 27.7. The Labute approximate surface area is 106 Å². The number of carbonyl (C=O) groups excluding carboxylic acids is 2. The first-order valence-corrected chi connectivity index (χ1v) is 6.30. The van der Waals surface area contributed by atoms with Crippen LogP contribution in [0.3, 0.4) is 0 Å². The molecule has 0 aliphatic heterocycles. The van der Waals surface area contributed by atoms with Crippen molar-refractivity contribution in [3.05, 3.63) is 11.1 Å². The molecule has 98 valence electrons. The highest BCUT2D eigenvalue weighted by Gasteiger charge is 2.57. The molecule has 1 aromatic heterocycles. The van der Waals surface area contributed by atoms with E-state index in [0.717, 1.165) is 4.88 Å². The van der Waals surface area contributed by atoms with Gasteiger partial charge >= 0.3 is 0 Å². The van der Waals surface area contributed by atoms with E-state index in [4.69, 9.17) is 0 Å². The molecule has 1 unspecified atom stereocenters. The minimum absolute atomic E-state index is 0.225. The molecule has 0 bridgehead atoms. The fourth-order valence-electron chi connectivity index (χ4n) is 1.59. The highest BCUT2D eigenvalue weighted by molar-refractivity contribution is 7.15. The topological polar surface area (TPSA) is 59.1 Å². The van der Waals surface area contributed by atoms with Crippen LogP contribution in [-0.4, -0.2) is 22.6 Å². The van der Waals surface area contributed by atoms with Crippen molar-refractivity contribution in [2.75, 3.05) is 5.32 Å². The molecule has 1 atom stereocenters. The lowest BCUT2D eigenvalue weighted by Crippen LogP contribution is -2.17. The average Bonchev–Trinajstić information content (AvgIpc) is 2.65. The number of nitrogens with zero attached hydrogens (tertiary/aromatic N) is 1. The van der Waals surface area contributed by atoms with Crippen molar-refractivity contribution in [3.8, 4) is 0 Å². The molecule has 4 nitrogen and oxygen atoms in total. The Balaban J connectivity index is 1.76. The minimum atomic E-state index is -2.71. The fraction of sp³-hybridized carbons (Fsp3) is 0.545. The lowest BCUT2D eigenvalue weighted by molar-refractivity contribution is -0.126. The highest BCUT2D eigenvalue weighted by Crippen LogP contribution is 2.50. The summed E-state index contributed by atoms with van der Waals surface area (Å²) in [5.74, 6) is -4.54. The van der Waals surface area contributed by atoms with Gasteiger partial charge in [0.15, 0.2) is 5.13 Å². The molecule has 1 aliphatic carbocycles. The van der Waals surface area contributed by atoms with Crippen molar-refractivity contribution >= 4 is 28.2 Å². The number of rotatable bonds is 5. The van der Waals surface area contributed by atoms with Crippen molar-refractivity contribution in [2.24, 2.45) is 5.92 Å². The molecular weight excluding hydrogens is 262 g/mol. The van der Waals surface area contributed by atoms with Crippen LogP contribution in [0.1, 0.15) is 24.1 Å². The Morgan fingerprint density at radius 2 is 2.28 bits per heavy atom. The summed E-state index contributed by atoms with van der Waals surface area (Å²) in [6.45, 7) is 1.84. The fourth-order valence-corrected chi connectivity index (χ4v) is 2.27. The number of amides is 1. The van der Waals surface area contributed by atoms with Gasteiger partial charge in [-0.15, -0.1) is 11.3 Å². The number of aromatic nitrogens is 1. The van der Waals surface area contributed by atoms with Crippen LogP contribution in [-0.2, 0) is 9.59 Å². The number of ketones is 1. The number of hydrogen-bond acceptors (Lipinski definition) is 4. The molecule has 1 saturated carbocycles. The van der Waals surface area contributed by atoms with Crippen LogP contribution in [0.5, 0.6) is 0 Å². The number of hydrogen-bond donors (Lipinski definition) is 1. The van der Waals surface area contributed by atoms with Crippen molar-refractivity contribution in [2.45, 2.75) is 32.1 Å². The van der Waals surface area contributed by atoms with Crippen LogP contribution in [0.15, 0.2) is 6.20 Å². The van der Waals surface area contributed by atoms with Gasteiger partial charge in [0.05, 0.1) is 6.42 Å². The first-order valence-electron chi connectivity index (χ1n) is 5.48. The molecule has 2 rings (SSSR count). The van der Waals surface area contributed by atoms with Gasteiger partial charge in [-0.1, -0.05) is 0 Å². The summed E-state index contributed by atoms with van der Waals surface area (Å²) in [5.41, 5.74) is 0. The van der Waals surface area contributed by atoms with E-state index in [1.54, 1.807) is 6.20 Å². The molecule has 0 saturated heterocycles. The predicted molar refractivity (Wildman–Crippen MR) is 62.8 cm³/mol. The molecule has 1 heterocycles. The van der Waals surface area contributed by atoms with E-state index >= 15 is 0 Å². The van der Waals surface area contributed by atoms with E-state index in [1.165, 1.54) is 11.3 Å². The number of thiazole rings is 1. The number of anilines is 1. The van der Waals surface area contributed by atoms with Crippen molar-refractivity contribution in [3.63, 3.8) is 0 Å². The summed E-state index contributed by atoms with van der Waals surface area (Å²) in [7, 11) is 0. The van der Waals surface area contributed by atoms with Crippen molar-refractivity contribution in [1.82, 2.24) is 4.98 Å². The molecule has 0 radical (unpaired) electrons. The zero-order chi connectivity index (χ0) is 13.3. The molecule has 1 N–H and O–H groups in total. The molecule has 7 heteroatoms. The molecular formula is C11H12F2N2O2S. The third-order valence-corrected chi connectivity index (χ3v) is 3.48. The van der Waals surface area contributed by atoms with E-state index in [-0.39, 0.29) is 19.3 Å². The summed E-state index contributed by atoms with van der Waals surface area (Å²) < 4.78 is 25.2. The molecule has 1 fully saturated rings. The number of carbonyl (C=O) groups is 2. The summed E-state index contributed by atoms with van der Waals surface area (Å²) >= 11 is 1.29. The molecule has 0 aromatic carbocycles. The van der Waals surface area contributed by atoms with E-state index in [0.29, 0.717) is 5.13 Å². The van der Waals surface area contributed by atoms with Crippen molar-refractivity contribution < 1.29 is 18.4 Å². The maximum atomic E-state index is 12.6. The molecule has 1 aliphatic rings. The van der Waals surface area contributed by atoms with Crippen LogP contribution in [0.2, 0.25) is 0 Å². The third kappa shape index (κ3) is 3.32. The Bertz CT molecular complexity index is 487. The van der Waals surface area contributed by atoms with Gasteiger partial charge in [-0.3, -0.25) is 9.59 Å². The lowest BCUT2D eigenvalue weighted by atomic mass is 10.1. The summed E-state index contributed by atoms with van der Waals surface area (Å²) in [6, 6.07) is 0. The Hall–Kier alpha value is -1.37. The van der Waals surface area contributed by atoms with E-state index in [9.17, 15) is 18.4 Å². The number of halogens is 2.